The maximum absolute atomic E-state index is 2.58. The van der Waals surface area contributed by atoms with Gasteiger partial charge in [-0.3, -0.25) is 0 Å². The van der Waals surface area contributed by atoms with Crippen LogP contribution in [0.1, 0.15) is 46.5 Å². The second kappa shape index (κ2) is 6.61. The Morgan fingerprint density at radius 3 is 1.75 bits per heavy atom. The van der Waals surface area contributed by atoms with Crippen LogP contribution in [-0.2, 0) is 0 Å². The summed E-state index contributed by atoms with van der Waals surface area (Å²) in [7, 11) is 4.57. The first-order valence-electron chi connectivity index (χ1n) is 6.95. The average Bonchev–Trinajstić information content (AvgIpc) is 2.27. The van der Waals surface area contributed by atoms with Crippen molar-refractivity contribution in [2.24, 2.45) is 5.92 Å². The van der Waals surface area contributed by atoms with E-state index in [0.717, 1.165) is 18.0 Å². The maximum Gasteiger partial charge on any atom is 0.00934 e. The van der Waals surface area contributed by atoms with Crippen molar-refractivity contribution in [3.05, 3.63) is 0 Å². The van der Waals surface area contributed by atoms with Crippen LogP contribution in [0.2, 0.25) is 0 Å². The highest BCUT2D eigenvalue weighted by atomic mass is 15.2. The van der Waals surface area contributed by atoms with Gasteiger partial charge in [0.2, 0.25) is 0 Å². The molecule has 2 nitrogen and oxygen atoms in total. The average molecular weight is 226 g/mol. The molecule has 0 atom stereocenters. The van der Waals surface area contributed by atoms with Gasteiger partial charge in [0, 0.05) is 18.6 Å². The fourth-order valence-electron chi connectivity index (χ4n) is 2.92. The van der Waals surface area contributed by atoms with Crippen LogP contribution in [0.3, 0.4) is 0 Å². The zero-order chi connectivity index (χ0) is 12.1. The molecule has 0 bridgehead atoms. The van der Waals surface area contributed by atoms with E-state index >= 15 is 0 Å². The van der Waals surface area contributed by atoms with Gasteiger partial charge in [-0.25, -0.2) is 0 Å². The molecule has 0 aromatic rings. The van der Waals surface area contributed by atoms with Gasteiger partial charge < -0.3 is 9.80 Å². The third-order valence-corrected chi connectivity index (χ3v) is 4.06. The lowest BCUT2D eigenvalue weighted by Gasteiger charge is -2.38. The topological polar surface area (TPSA) is 6.48 Å². The Morgan fingerprint density at radius 1 is 0.938 bits per heavy atom. The second-order valence-electron chi connectivity index (χ2n) is 5.87. The standard InChI is InChI=1S/C14H30N2/c1-6-15(4)13-7-9-14(10-8-13)16(5)11-12(2)3/h12-14H,6-11H2,1-5H3. The molecule has 1 aliphatic carbocycles. The van der Waals surface area contributed by atoms with Gasteiger partial charge in [0.25, 0.3) is 0 Å². The highest BCUT2D eigenvalue weighted by Crippen LogP contribution is 2.25. The molecule has 1 saturated carbocycles. The van der Waals surface area contributed by atoms with E-state index in [2.05, 4.69) is 44.7 Å². The molecule has 1 fully saturated rings. The van der Waals surface area contributed by atoms with Crippen molar-refractivity contribution in [2.45, 2.75) is 58.5 Å². The lowest BCUT2D eigenvalue weighted by atomic mass is 9.89. The van der Waals surface area contributed by atoms with Gasteiger partial charge in [-0.05, 0) is 52.2 Å². The Kier molecular flexibility index (Phi) is 5.77. The molecular weight excluding hydrogens is 196 g/mol. The van der Waals surface area contributed by atoms with Crippen LogP contribution in [0, 0.1) is 5.92 Å². The molecule has 0 aromatic heterocycles. The van der Waals surface area contributed by atoms with Gasteiger partial charge in [-0.1, -0.05) is 20.8 Å². The molecule has 0 aliphatic heterocycles. The minimum atomic E-state index is 0.793. The molecule has 0 saturated heterocycles. The highest BCUT2D eigenvalue weighted by Gasteiger charge is 2.25. The number of hydrogen-bond donors (Lipinski definition) is 0. The third kappa shape index (κ3) is 4.06. The van der Waals surface area contributed by atoms with Crippen LogP contribution in [0.4, 0.5) is 0 Å². The van der Waals surface area contributed by atoms with Gasteiger partial charge >= 0.3 is 0 Å². The highest BCUT2D eigenvalue weighted by molar-refractivity contribution is 4.82. The minimum absolute atomic E-state index is 0.793. The van der Waals surface area contributed by atoms with Crippen LogP contribution in [-0.4, -0.2) is 49.1 Å². The number of hydrogen-bond acceptors (Lipinski definition) is 2. The lowest BCUT2D eigenvalue weighted by Crippen LogP contribution is -2.42. The predicted molar refractivity (Wildman–Crippen MR) is 71.8 cm³/mol. The summed E-state index contributed by atoms with van der Waals surface area (Å²) in [5, 5.41) is 0. The quantitative estimate of drug-likeness (QED) is 0.711. The SMILES string of the molecule is CCN(C)C1CCC(N(C)CC(C)C)CC1. The molecule has 0 unspecified atom stereocenters. The summed E-state index contributed by atoms with van der Waals surface area (Å²) in [5.41, 5.74) is 0. The monoisotopic (exact) mass is 226 g/mol. The summed E-state index contributed by atoms with van der Waals surface area (Å²) in [4.78, 5) is 5.09. The molecule has 1 rings (SSSR count). The van der Waals surface area contributed by atoms with Crippen molar-refractivity contribution in [1.29, 1.82) is 0 Å². The van der Waals surface area contributed by atoms with E-state index < -0.39 is 0 Å². The van der Waals surface area contributed by atoms with E-state index in [1.54, 1.807) is 0 Å². The Morgan fingerprint density at radius 2 is 1.38 bits per heavy atom. The van der Waals surface area contributed by atoms with Crippen LogP contribution < -0.4 is 0 Å². The van der Waals surface area contributed by atoms with E-state index in [1.807, 2.05) is 0 Å². The molecule has 0 N–H and O–H groups in total. The van der Waals surface area contributed by atoms with Gasteiger partial charge in [0.05, 0.1) is 0 Å². The second-order valence-corrected chi connectivity index (χ2v) is 5.87. The summed E-state index contributed by atoms with van der Waals surface area (Å²) < 4.78 is 0. The summed E-state index contributed by atoms with van der Waals surface area (Å²) in [6, 6.07) is 1.68. The molecule has 0 heterocycles. The molecular formula is C14H30N2. The van der Waals surface area contributed by atoms with Crippen LogP contribution in [0.15, 0.2) is 0 Å². The van der Waals surface area contributed by atoms with Crippen molar-refractivity contribution in [1.82, 2.24) is 9.80 Å². The molecule has 0 radical (unpaired) electrons. The van der Waals surface area contributed by atoms with Crippen LogP contribution in [0.25, 0.3) is 0 Å². The van der Waals surface area contributed by atoms with Crippen LogP contribution >= 0.6 is 0 Å². The number of nitrogens with zero attached hydrogens (tertiary/aromatic N) is 2. The largest absolute Gasteiger partial charge is 0.304 e. The smallest absolute Gasteiger partial charge is 0.00934 e. The van der Waals surface area contributed by atoms with Gasteiger partial charge in [0.1, 0.15) is 0 Å². The van der Waals surface area contributed by atoms with E-state index in [4.69, 9.17) is 0 Å². The Hall–Kier alpha value is -0.0800. The molecule has 1 aliphatic rings. The minimum Gasteiger partial charge on any atom is -0.304 e. The maximum atomic E-state index is 2.58. The lowest BCUT2D eigenvalue weighted by molar-refractivity contribution is 0.120. The molecule has 0 spiro atoms. The van der Waals surface area contributed by atoms with Crippen molar-refractivity contribution in [3.63, 3.8) is 0 Å². The van der Waals surface area contributed by atoms with Crippen molar-refractivity contribution in [3.8, 4) is 0 Å². The molecule has 96 valence electrons. The first kappa shape index (κ1) is 14.0. The van der Waals surface area contributed by atoms with E-state index in [-0.39, 0.29) is 0 Å². The fraction of sp³-hybridized carbons (Fsp3) is 1.00. The van der Waals surface area contributed by atoms with Crippen molar-refractivity contribution >= 4 is 0 Å². The van der Waals surface area contributed by atoms with Gasteiger partial charge in [-0.15, -0.1) is 0 Å². The Labute approximate surface area is 102 Å². The molecule has 0 amide bonds. The summed E-state index contributed by atoms with van der Waals surface area (Å²) in [5.74, 6) is 0.793. The van der Waals surface area contributed by atoms with Crippen molar-refractivity contribution < 1.29 is 0 Å². The Bertz CT molecular complexity index is 183. The normalized spacial score (nSPS) is 27.0. The van der Waals surface area contributed by atoms with Gasteiger partial charge in [0.15, 0.2) is 0 Å². The van der Waals surface area contributed by atoms with E-state index in [1.165, 1.54) is 38.8 Å². The summed E-state index contributed by atoms with van der Waals surface area (Å²) in [6.45, 7) is 9.33. The van der Waals surface area contributed by atoms with Gasteiger partial charge in [-0.2, -0.15) is 0 Å². The summed E-state index contributed by atoms with van der Waals surface area (Å²) in [6.07, 6.45) is 5.55. The molecule has 0 aromatic carbocycles. The fourth-order valence-corrected chi connectivity index (χ4v) is 2.92. The van der Waals surface area contributed by atoms with Crippen molar-refractivity contribution in [2.75, 3.05) is 27.2 Å². The summed E-state index contributed by atoms with van der Waals surface area (Å²) >= 11 is 0. The zero-order valence-corrected chi connectivity index (χ0v) is 11.9. The molecule has 2 heteroatoms. The Balaban J connectivity index is 2.31. The third-order valence-electron chi connectivity index (χ3n) is 4.06. The zero-order valence-electron chi connectivity index (χ0n) is 11.9. The van der Waals surface area contributed by atoms with Crippen LogP contribution in [0.5, 0.6) is 0 Å². The first-order chi connectivity index (χ1) is 7.54. The van der Waals surface area contributed by atoms with E-state index in [9.17, 15) is 0 Å². The predicted octanol–water partition coefficient (Wildman–Crippen LogP) is 2.84. The number of rotatable bonds is 5. The van der Waals surface area contributed by atoms with E-state index in [0.29, 0.717) is 0 Å². The molecule has 16 heavy (non-hydrogen) atoms. The first-order valence-corrected chi connectivity index (χ1v) is 6.95.